The molecule has 0 saturated carbocycles. The van der Waals surface area contributed by atoms with Crippen LogP contribution in [0.4, 0.5) is 5.82 Å². The van der Waals surface area contributed by atoms with Crippen LogP contribution in [0.5, 0.6) is 0 Å². The maximum atomic E-state index is 5.35. The lowest BCUT2D eigenvalue weighted by molar-refractivity contribution is 0.0495. The minimum atomic E-state index is 0.744. The minimum absolute atomic E-state index is 0.744. The fourth-order valence-electron chi connectivity index (χ4n) is 2.55. The number of hydrogen-bond acceptors (Lipinski definition) is 5. The molecule has 0 unspecified atom stereocenters. The molecule has 1 fully saturated rings. The molecule has 3 heterocycles. The molecule has 2 N–H and O–H groups in total. The summed E-state index contributed by atoms with van der Waals surface area (Å²) in [6, 6.07) is 8.15. The van der Waals surface area contributed by atoms with Gasteiger partial charge in [-0.3, -0.25) is 0 Å². The van der Waals surface area contributed by atoms with Crippen LogP contribution >= 0.6 is 0 Å². The Balaban J connectivity index is 1.78. The average molecular weight is 269 g/mol. The molecule has 0 bridgehead atoms. The van der Waals surface area contributed by atoms with Crippen molar-refractivity contribution < 1.29 is 4.74 Å². The van der Waals surface area contributed by atoms with Crippen molar-refractivity contribution in [2.24, 2.45) is 0 Å². The first-order chi connectivity index (χ1) is 9.92. The van der Waals surface area contributed by atoms with Crippen LogP contribution in [0, 0.1) is 0 Å². The predicted octanol–water partition coefficient (Wildman–Crippen LogP) is 1.77. The van der Waals surface area contributed by atoms with Crippen LogP contribution in [0.3, 0.4) is 0 Å². The molecule has 0 spiro atoms. The number of anilines is 1. The lowest BCUT2D eigenvalue weighted by atomic mass is 10.2. The molecule has 4 rings (SSSR count). The van der Waals surface area contributed by atoms with Crippen LogP contribution in [0.2, 0.25) is 0 Å². The van der Waals surface area contributed by atoms with Gasteiger partial charge in [-0.05, 0) is 6.07 Å². The summed E-state index contributed by atoms with van der Waals surface area (Å²) in [6.07, 6.45) is 1.60. The molecule has 102 valence electrons. The summed E-state index contributed by atoms with van der Waals surface area (Å²) in [5.41, 5.74) is 6.33. The fraction of sp³-hybridized carbons (Fsp3) is 0.286. The van der Waals surface area contributed by atoms with Crippen LogP contribution in [0.25, 0.3) is 21.9 Å². The molecule has 1 aliphatic rings. The number of aromatic amines is 1. The number of para-hydroxylation sites is 1. The Labute approximate surface area is 115 Å². The van der Waals surface area contributed by atoms with E-state index in [0.717, 1.165) is 54.1 Å². The Morgan fingerprint density at radius 1 is 1.15 bits per heavy atom. The van der Waals surface area contributed by atoms with Gasteiger partial charge in [0.05, 0.1) is 13.2 Å². The van der Waals surface area contributed by atoms with E-state index in [1.165, 1.54) is 0 Å². The van der Waals surface area contributed by atoms with Crippen molar-refractivity contribution in [3.05, 3.63) is 30.6 Å². The van der Waals surface area contributed by atoms with E-state index in [0.29, 0.717) is 0 Å². The third-order valence-electron chi connectivity index (χ3n) is 3.56. The molecule has 1 aromatic carbocycles. The molecular formula is C14H15N5O. The summed E-state index contributed by atoms with van der Waals surface area (Å²) in [4.78, 5) is 12.1. The number of benzene rings is 1. The molecule has 1 aliphatic heterocycles. The minimum Gasteiger partial charge on any atom is -0.379 e. The van der Waals surface area contributed by atoms with Gasteiger partial charge >= 0.3 is 0 Å². The van der Waals surface area contributed by atoms with Gasteiger partial charge in [0.1, 0.15) is 17.4 Å². The average Bonchev–Trinajstić information content (AvgIpc) is 2.88. The van der Waals surface area contributed by atoms with Gasteiger partial charge in [0.25, 0.3) is 0 Å². The van der Waals surface area contributed by atoms with Crippen LogP contribution < -0.4 is 5.43 Å². The molecule has 0 atom stereocenters. The number of morpholine rings is 1. The Bertz CT molecular complexity index is 747. The van der Waals surface area contributed by atoms with Crippen molar-refractivity contribution in [2.45, 2.75) is 0 Å². The van der Waals surface area contributed by atoms with Crippen LogP contribution in [-0.2, 0) is 4.74 Å². The van der Waals surface area contributed by atoms with Crippen LogP contribution in [-0.4, -0.2) is 46.3 Å². The normalized spacial score (nSPS) is 16.8. The van der Waals surface area contributed by atoms with Gasteiger partial charge in [-0.15, -0.1) is 0 Å². The first kappa shape index (κ1) is 11.6. The highest BCUT2D eigenvalue weighted by atomic mass is 16.5. The largest absolute Gasteiger partial charge is 0.379 e. The Morgan fingerprint density at radius 3 is 2.90 bits per heavy atom. The SMILES string of the molecule is c1ccc2c(c1)[nH]c1c(NN3CCOCC3)ncnc12. The molecule has 6 nitrogen and oxygen atoms in total. The number of rotatable bonds is 2. The molecule has 20 heavy (non-hydrogen) atoms. The van der Waals surface area contributed by atoms with Gasteiger partial charge in [-0.25, -0.2) is 15.0 Å². The molecule has 6 heteroatoms. The topological polar surface area (TPSA) is 66.1 Å². The van der Waals surface area contributed by atoms with E-state index in [9.17, 15) is 0 Å². The zero-order chi connectivity index (χ0) is 13.4. The van der Waals surface area contributed by atoms with Crippen molar-refractivity contribution in [3.63, 3.8) is 0 Å². The second kappa shape index (κ2) is 4.73. The Morgan fingerprint density at radius 2 is 2.00 bits per heavy atom. The standard InChI is InChI=1S/C14H15N5O/c1-2-4-11-10(3-1)12-13(17-11)14(16-9-15-12)18-19-5-7-20-8-6-19/h1-4,9,17H,5-8H2,(H,15,16,18). The second-order valence-electron chi connectivity index (χ2n) is 4.83. The van der Waals surface area contributed by atoms with E-state index in [-0.39, 0.29) is 0 Å². The summed E-state index contributed by atoms with van der Waals surface area (Å²) in [7, 11) is 0. The smallest absolute Gasteiger partial charge is 0.168 e. The van der Waals surface area contributed by atoms with E-state index in [2.05, 4.69) is 37.5 Å². The van der Waals surface area contributed by atoms with E-state index in [4.69, 9.17) is 4.74 Å². The first-order valence-electron chi connectivity index (χ1n) is 6.72. The van der Waals surface area contributed by atoms with Gasteiger partial charge < -0.3 is 15.1 Å². The summed E-state index contributed by atoms with van der Waals surface area (Å²) < 4.78 is 5.35. The summed E-state index contributed by atoms with van der Waals surface area (Å²) >= 11 is 0. The highest BCUT2D eigenvalue weighted by Crippen LogP contribution is 2.27. The Kier molecular flexibility index (Phi) is 2.75. The van der Waals surface area contributed by atoms with Crippen LogP contribution in [0.15, 0.2) is 30.6 Å². The number of ether oxygens (including phenoxy) is 1. The monoisotopic (exact) mass is 269 g/mol. The van der Waals surface area contributed by atoms with Gasteiger partial charge in [-0.1, -0.05) is 18.2 Å². The van der Waals surface area contributed by atoms with Crippen molar-refractivity contribution in [1.82, 2.24) is 20.0 Å². The second-order valence-corrected chi connectivity index (χ2v) is 4.83. The highest BCUT2D eigenvalue weighted by Gasteiger charge is 2.14. The van der Waals surface area contributed by atoms with Gasteiger partial charge in [0, 0.05) is 24.0 Å². The zero-order valence-electron chi connectivity index (χ0n) is 11.0. The van der Waals surface area contributed by atoms with Gasteiger partial charge in [-0.2, -0.15) is 0 Å². The van der Waals surface area contributed by atoms with Crippen molar-refractivity contribution in [3.8, 4) is 0 Å². The quantitative estimate of drug-likeness (QED) is 0.742. The van der Waals surface area contributed by atoms with Crippen molar-refractivity contribution >= 4 is 27.8 Å². The molecule has 0 radical (unpaired) electrons. The van der Waals surface area contributed by atoms with E-state index in [1.807, 2.05) is 12.1 Å². The van der Waals surface area contributed by atoms with Crippen LogP contribution in [0.1, 0.15) is 0 Å². The highest BCUT2D eigenvalue weighted by molar-refractivity contribution is 6.07. The third-order valence-corrected chi connectivity index (χ3v) is 3.56. The number of nitrogens with zero attached hydrogens (tertiary/aromatic N) is 3. The summed E-state index contributed by atoms with van der Waals surface area (Å²) in [5.74, 6) is 0.813. The zero-order valence-corrected chi connectivity index (χ0v) is 11.0. The number of hydrogen-bond donors (Lipinski definition) is 2. The Hall–Kier alpha value is -2.18. The summed E-state index contributed by atoms with van der Waals surface area (Å²) in [5, 5.41) is 3.24. The van der Waals surface area contributed by atoms with E-state index < -0.39 is 0 Å². The molecular weight excluding hydrogens is 254 g/mol. The van der Waals surface area contributed by atoms with Gasteiger partial charge in [0.2, 0.25) is 0 Å². The maximum Gasteiger partial charge on any atom is 0.168 e. The number of aromatic nitrogens is 3. The first-order valence-corrected chi connectivity index (χ1v) is 6.72. The number of hydrazine groups is 1. The fourth-order valence-corrected chi connectivity index (χ4v) is 2.55. The lowest BCUT2D eigenvalue weighted by Gasteiger charge is -2.27. The predicted molar refractivity (Wildman–Crippen MR) is 77.4 cm³/mol. The lowest BCUT2D eigenvalue weighted by Crippen LogP contribution is -2.40. The van der Waals surface area contributed by atoms with Crippen molar-refractivity contribution in [2.75, 3.05) is 31.7 Å². The van der Waals surface area contributed by atoms with Gasteiger partial charge in [0.15, 0.2) is 5.82 Å². The molecule has 2 aromatic heterocycles. The number of nitrogens with one attached hydrogen (secondary N) is 2. The third kappa shape index (κ3) is 1.90. The molecule has 3 aromatic rings. The van der Waals surface area contributed by atoms with Crippen molar-refractivity contribution in [1.29, 1.82) is 0 Å². The van der Waals surface area contributed by atoms with E-state index in [1.54, 1.807) is 6.33 Å². The summed E-state index contributed by atoms with van der Waals surface area (Å²) in [6.45, 7) is 3.19. The maximum absolute atomic E-state index is 5.35. The molecule has 0 amide bonds. The van der Waals surface area contributed by atoms with E-state index >= 15 is 0 Å². The molecule has 1 saturated heterocycles. The molecule has 0 aliphatic carbocycles. The number of fused-ring (bicyclic) bond motifs is 3. The number of H-pyrrole nitrogens is 1.